The SMILES string of the molecule is CC(CCC(C)(C)C)OC(C)CCC(C)(C)C. The van der Waals surface area contributed by atoms with Crippen LogP contribution in [0.3, 0.4) is 0 Å². The Labute approximate surface area is 109 Å². The molecule has 0 aliphatic heterocycles. The first-order valence-electron chi connectivity index (χ1n) is 7.15. The first-order valence-corrected chi connectivity index (χ1v) is 7.15. The Morgan fingerprint density at radius 2 is 1.00 bits per heavy atom. The van der Waals surface area contributed by atoms with E-state index < -0.39 is 0 Å². The van der Waals surface area contributed by atoms with Crippen molar-refractivity contribution in [2.75, 3.05) is 0 Å². The van der Waals surface area contributed by atoms with Gasteiger partial charge in [0, 0.05) is 0 Å². The van der Waals surface area contributed by atoms with Crippen LogP contribution in [0.4, 0.5) is 0 Å². The van der Waals surface area contributed by atoms with Gasteiger partial charge in [-0.2, -0.15) is 0 Å². The summed E-state index contributed by atoms with van der Waals surface area (Å²) in [6, 6.07) is 0. The molecule has 0 bridgehead atoms. The average molecular weight is 242 g/mol. The predicted octanol–water partition coefficient (Wildman–Crippen LogP) is 5.43. The zero-order valence-corrected chi connectivity index (χ0v) is 13.4. The van der Waals surface area contributed by atoms with Gasteiger partial charge in [0.1, 0.15) is 0 Å². The van der Waals surface area contributed by atoms with E-state index >= 15 is 0 Å². The molecule has 0 fully saturated rings. The zero-order valence-electron chi connectivity index (χ0n) is 13.4. The van der Waals surface area contributed by atoms with Gasteiger partial charge < -0.3 is 4.74 Å². The molecule has 0 aromatic carbocycles. The first-order chi connectivity index (χ1) is 7.49. The highest BCUT2D eigenvalue weighted by Gasteiger charge is 2.16. The molecule has 0 spiro atoms. The molecule has 0 rings (SSSR count). The van der Waals surface area contributed by atoms with Crippen LogP contribution in [0.15, 0.2) is 0 Å². The number of hydrogen-bond acceptors (Lipinski definition) is 1. The van der Waals surface area contributed by atoms with Crippen molar-refractivity contribution in [1.29, 1.82) is 0 Å². The van der Waals surface area contributed by atoms with Crippen molar-refractivity contribution in [3.8, 4) is 0 Å². The van der Waals surface area contributed by atoms with E-state index in [1.807, 2.05) is 0 Å². The lowest BCUT2D eigenvalue weighted by Crippen LogP contribution is -2.20. The highest BCUT2D eigenvalue weighted by molar-refractivity contribution is 4.67. The molecule has 0 aliphatic carbocycles. The van der Waals surface area contributed by atoms with Crippen molar-refractivity contribution in [1.82, 2.24) is 0 Å². The van der Waals surface area contributed by atoms with Crippen LogP contribution in [-0.2, 0) is 4.74 Å². The predicted molar refractivity (Wildman–Crippen MR) is 77.4 cm³/mol. The van der Waals surface area contributed by atoms with E-state index in [2.05, 4.69) is 55.4 Å². The minimum Gasteiger partial charge on any atom is -0.376 e. The molecular weight excluding hydrogens is 208 g/mol. The Kier molecular flexibility index (Phi) is 6.76. The van der Waals surface area contributed by atoms with Gasteiger partial charge in [-0.05, 0) is 50.4 Å². The van der Waals surface area contributed by atoms with Crippen LogP contribution in [-0.4, -0.2) is 12.2 Å². The third kappa shape index (κ3) is 12.2. The molecule has 104 valence electrons. The summed E-state index contributed by atoms with van der Waals surface area (Å²) in [5.74, 6) is 0. The monoisotopic (exact) mass is 242 g/mol. The molecule has 0 heterocycles. The Bertz CT molecular complexity index is 173. The maximum absolute atomic E-state index is 6.04. The maximum atomic E-state index is 6.04. The van der Waals surface area contributed by atoms with Crippen LogP contribution in [0.25, 0.3) is 0 Å². The fourth-order valence-corrected chi connectivity index (χ4v) is 1.81. The van der Waals surface area contributed by atoms with Gasteiger partial charge in [-0.25, -0.2) is 0 Å². The van der Waals surface area contributed by atoms with E-state index in [1.165, 1.54) is 25.7 Å². The molecular formula is C16H34O. The van der Waals surface area contributed by atoms with E-state index in [-0.39, 0.29) is 0 Å². The Balaban J connectivity index is 3.77. The third-order valence-corrected chi connectivity index (χ3v) is 3.07. The molecule has 0 saturated carbocycles. The van der Waals surface area contributed by atoms with Gasteiger partial charge in [0.05, 0.1) is 12.2 Å². The second-order valence-electron chi connectivity index (χ2n) is 7.96. The van der Waals surface area contributed by atoms with Crippen LogP contribution in [0.5, 0.6) is 0 Å². The van der Waals surface area contributed by atoms with Gasteiger partial charge in [0.15, 0.2) is 0 Å². The van der Waals surface area contributed by atoms with E-state index in [4.69, 9.17) is 4.74 Å². The summed E-state index contributed by atoms with van der Waals surface area (Å²) in [4.78, 5) is 0. The van der Waals surface area contributed by atoms with Crippen molar-refractivity contribution in [3.63, 3.8) is 0 Å². The average Bonchev–Trinajstić information content (AvgIpc) is 2.09. The highest BCUT2D eigenvalue weighted by atomic mass is 16.5. The zero-order chi connectivity index (χ0) is 13.7. The standard InChI is InChI=1S/C16H34O/c1-13(9-11-15(3,4)5)17-14(2)10-12-16(6,7)8/h13-14H,9-12H2,1-8H3. The van der Waals surface area contributed by atoms with Crippen LogP contribution < -0.4 is 0 Å². The summed E-state index contributed by atoms with van der Waals surface area (Å²) < 4.78 is 6.04. The lowest BCUT2D eigenvalue weighted by molar-refractivity contribution is -0.00955. The molecule has 1 nitrogen and oxygen atoms in total. The summed E-state index contributed by atoms with van der Waals surface area (Å²) in [7, 11) is 0. The van der Waals surface area contributed by atoms with Crippen LogP contribution in [0.2, 0.25) is 0 Å². The summed E-state index contributed by atoms with van der Waals surface area (Å²) in [5.41, 5.74) is 0.846. The van der Waals surface area contributed by atoms with E-state index in [0.717, 1.165) is 0 Å². The van der Waals surface area contributed by atoms with Crippen molar-refractivity contribution in [3.05, 3.63) is 0 Å². The minimum atomic E-state index is 0.393. The molecule has 0 aromatic rings. The van der Waals surface area contributed by atoms with Crippen LogP contribution in [0, 0.1) is 10.8 Å². The lowest BCUT2D eigenvalue weighted by atomic mass is 9.89. The first kappa shape index (κ1) is 17.0. The molecule has 2 unspecified atom stereocenters. The Morgan fingerprint density at radius 3 is 1.24 bits per heavy atom. The molecule has 0 aliphatic rings. The van der Waals surface area contributed by atoms with E-state index in [0.29, 0.717) is 23.0 Å². The minimum absolute atomic E-state index is 0.393. The van der Waals surface area contributed by atoms with Gasteiger partial charge in [-0.3, -0.25) is 0 Å². The van der Waals surface area contributed by atoms with Gasteiger partial charge in [0.25, 0.3) is 0 Å². The largest absolute Gasteiger partial charge is 0.376 e. The number of hydrogen-bond donors (Lipinski definition) is 0. The highest BCUT2D eigenvalue weighted by Crippen LogP contribution is 2.25. The molecule has 2 atom stereocenters. The molecule has 0 saturated heterocycles. The second-order valence-corrected chi connectivity index (χ2v) is 7.96. The van der Waals surface area contributed by atoms with Crippen molar-refractivity contribution < 1.29 is 4.74 Å². The Hall–Kier alpha value is -0.0400. The smallest absolute Gasteiger partial charge is 0.0550 e. The molecule has 0 N–H and O–H groups in total. The van der Waals surface area contributed by atoms with Crippen LogP contribution in [0.1, 0.15) is 81.1 Å². The van der Waals surface area contributed by atoms with E-state index in [1.54, 1.807) is 0 Å². The second kappa shape index (κ2) is 6.78. The molecule has 17 heavy (non-hydrogen) atoms. The lowest BCUT2D eigenvalue weighted by Gasteiger charge is -2.25. The number of ether oxygens (including phenoxy) is 1. The molecule has 1 heteroatoms. The summed E-state index contributed by atoms with van der Waals surface area (Å²) >= 11 is 0. The van der Waals surface area contributed by atoms with Crippen molar-refractivity contribution in [2.45, 2.75) is 93.3 Å². The summed E-state index contributed by atoms with van der Waals surface area (Å²) in [6.45, 7) is 18.2. The van der Waals surface area contributed by atoms with Crippen molar-refractivity contribution >= 4 is 0 Å². The van der Waals surface area contributed by atoms with Gasteiger partial charge in [0.2, 0.25) is 0 Å². The van der Waals surface area contributed by atoms with Gasteiger partial charge >= 0.3 is 0 Å². The topological polar surface area (TPSA) is 9.23 Å². The fraction of sp³-hybridized carbons (Fsp3) is 1.00. The molecule has 0 amide bonds. The van der Waals surface area contributed by atoms with Gasteiger partial charge in [-0.1, -0.05) is 41.5 Å². The summed E-state index contributed by atoms with van der Waals surface area (Å²) in [6.07, 6.45) is 5.60. The third-order valence-electron chi connectivity index (χ3n) is 3.07. The molecule has 0 radical (unpaired) electrons. The fourth-order valence-electron chi connectivity index (χ4n) is 1.81. The summed E-state index contributed by atoms with van der Waals surface area (Å²) in [5, 5.41) is 0. The van der Waals surface area contributed by atoms with E-state index in [9.17, 15) is 0 Å². The normalized spacial score (nSPS) is 16.9. The molecule has 0 aromatic heterocycles. The van der Waals surface area contributed by atoms with Gasteiger partial charge in [-0.15, -0.1) is 0 Å². The number of rotatable bonds is 6. The maximum Gasteiger partial charge on any atom is 0.0550 e. The van der Waals surface area contributed by atoms with Crippen molar-refractivity contribution in [2.24, 2.45) is 10.8 Å². The van der Waals surface area contributed by atoms with Crippen LogP contribution >= 0.6 is 0 Å². The Morgan fingerprint density at radius 1 is 0.706 bits per heavy atom. The quantitative estimate of drug-likeness (QED) is 0.603.